The minimum atomic E-state index is 0.127. The molecule has 0 spiro atoms. The van der Waals surface area contributed by atoms with Gasteiger partial charge in [-0.25, -0.2) is 4.98 Å². The average Bonchev–Trinajstić information content (AvgIpc) is 3.20. The summed E-state index contributed by atoms with van der Waals surface area (Å²) < 4.78 is 1.88. The molecule has 2 aromatic heterocycles. The van der Waals surface area contributed by atoms with E-state index in [-0.39, 0.29) is 5.91 Å². The number of H-pyrrole nitrogens is 1. The molecule has 1 saturated heterocycles. The molecule has 0 saturated carbocycles. The molecular weight excluding hydrogens is 304 g/mol. The van der Waals surface area contributed by atoms with E-state index in [1.807, 2.05) is 22.7 Å². The van der Waals surface area contributed by atoms with Crippen molar-refractivity contribution < 1.29 is 4.79 Å². The molecule has 0 unspecified atom stereocenters. The standard InChI is InChI=1S/C17H24N6O/c1-12-20-14-5-8-22(10-15(14)21-12)17(24)11-23-16(4-7-19-23)13-3-2-6-18-9-13/h4,7,13,18H,2-3,5-6,8-11H2,1H3,(H,20,21)/t13-/m0/s1. The molecule has 4 heterocycles. The number of hydrogen-bond acceptors (Lipinski definition) is 4. The van der Waals surface area contributed by atoms with Gasteiger partial charge in [-0.3, -0.25) is 9.48 Å². The predicted molar refractivity (Wildman–Crippen MR) is 89.5 cm³/mol. The number of amides is 1. The van der Waals surface area contributed by atoms with E-state index in [1.165, 1.54) is 12.1 Å². The lowest BCUT2D eigenvalue weighted by Gasteiger charge is -2.27. The van der Waals surface area contributed by atoms with E-state index in [9.17, 15) is 4.79 Å². The van der Waals surface area contributed by atoms with Gasteiger partial charge in [0.1, 0.15) is 12.4 Å². The Morgan fingerprint density at radius 2 is 2.38 bits per heavy atom. The first-order valence-electron chi connectivity index (χ1n) is 8.75. The molecular formula is C17H24N6O. The van der Waals surface area contributed by atoms with Gasteiger partial charge in [0.15, 0.2) is 0 Å². The van der Waals surface area contributed by atoms with E-state index in [2.05, 4.69) is 26.4 Å². The number of aryl methyl sites for hydroxylation is 1. The molecule has 4 rings (SSSR count). The Morgan fingerprint density at radius 3 is 3.21 bits per heavy atom. The van der Waals surface area contributed by atoms with Crippen molar-refractivity contribution in [3.63, 3.8) is 0 Å². The van der Waals surface area contributed by atoms with Crippen LogP contribution in [0.15, 0.2) is 12.3 Å². The van der Waals surface area contributed by atoms with Crippen LogP contribution < -0.4 is 5.32 Å². The molecule has 1 fully saturated rings. The number of nitrogens with zero attached hydrogens (tertiary/aromatic N) is 4. The van der Waals surface area contributed by atoms with Crippen LogP contribution in [-0.2, 0) is 24.3 Å². The number of hydrogen-bond donors (Lipinski definition) is 2. The summed E-state index contributed by atoms with van der Waals surface area (Å²) in [5.74, 6) is 1.51. The number of piperidine rings is 1. The quantitative estimate of drug-likeness (QED) is 0.880. The van der Waals surface area contributed by atoms with Crippen molar-refractivity contribution in [2.45, 2.75) is 45.2 Å². The molecule has 128 valence electrons. The molecule has 7 heteroatoms. The maximum Gasteiger partial charge on any atom is 0.244 e. The molecule has 2 aliphatic heterocycles. The van der Waals surface area contributed by atoms with Gasteiger partial charge in [0, 0.05) is 37.3 Å². The third kappa shape index (κ3) is 2.96. The Hall–Kier alpha value is -2.15. The Balaban J connectivity index is 1.44. The average molecular weight is 328 g/mol. The maximum absolute atomic E-state index is 12.7. The summed E-state index contributed by atoms with van der Waals surface area (Å²) in [5.41, 5.74) is 3.35. The molecule has 1 amide bonds. The third-order valence-electron chi connectivity index (χ3n) is 5.05. The maximum atomic E-state index is 12.7. The summed E-state index contributed by atoms with van der Waals surface area (Å²) in [4.78, 5) is 22.4. The van der Waals surface area contributed by atoms with Crippen LogP contribution in [0.25, 0.3) is 0 Å². The van der Waals surface area contributed by atoms with Gasteiger partial charge in [-0.05, 0) is 32.4 Å². The van der Waals surface area contributed by atoms with Crippen molar-refractivity contribution in [1.29, 1.82) is 0 Å². The van der Waals surface area contributed by atoms with Crippen LogP contribution in [0.3, 0.4) is 0 Å². The number of carbonyl (C=O) groups excluding carboxylic acids is 1. The second-order valence-electron chi connectivity index (χ2n) is 6.77. The van der Waals surface area contributed by atoms with Crippen LogP contribution in [0.1, 0.15) is 41.7 Å². The van der Waals surface area contributed by atoms with Crippen molar-refractivity contribution >= 4 is 5.91 Å². The van der Waals surface area contributed by atoms with E-state index in [0.29, 0.717) is 19.0 Å². The first-order chi connectivity index (χ1) is 11.7. The molecule has 1 atom stereocenters. The molecule has 2 aromatic rings. The number of aromatic amines is 1. The van der Waals surface area contributed by atoms with Gasteiger partial charge in [-0.15, -0.1) is 0 Å². The van der Waals surface area contributed by atoms with Crippen molar-refractivity contribution in [3.8, 4) is 0 Å². The minimum absolute atomic E-state index is 0.127. The third-order valence-corrected chi connectivity index (χ3v) is 5.05. The Labute approximate surface area is 141 Å². The fourth-order valence-electron chi connectivity index (χ4n) is 3.80. The lowest BCUT2D eigenvalue weighted by molar-refractivity contribution is -0.133. The molecule has 0 bridgehead atoms. The highest BCUT2D eigenvalue weighted by Gasteiger charge is 2.25. The monoisotopic (exact) mass is 328 g/mol. The van der Waals surface area contributed by atoms with Gasteiger partial charge >= 0.3 is 0 Å². The molecule has 0 aliphatic carbocycles. The van der Waals surface area contributed by atoms with Crippen molar-refractivity contribution in [2.24, 2.45) is 0 Å². The van der Waals surface area contributed by atoms with E-state index >= 15 is 0 Å². The van der Waals surface area contributed by atoms with E-state index in [0.717, 1.165) is 49.7 Å². The molecule has 24 heavy (non-hydrogen) atoms. The normalized spacial score (nSPS) is 20.9. The zero-order valence-corrected chi connectivity index (χ0v) is 14.1. The van der Waals surface area contributed by atoms with Gasteiger partial charge in [-0.2, -0.15) is 5.10 Å². The highest BCUT2D eigenvalue weighted by molar-refractivity contribution is 5.76. The number of imidazole rings is 1. The Bertz CT molecular complexity index is 727. The van der Waals surface area contributed by atoms with Gasteiger partial charge < -0.3 is 15.2 Å². The lowest BCUT2D eigenvalue weighted by Crippen LogP contribution is -2.39. The summed E-state index contributed by atoms with van der Waals surface area (Å²) in [6.45, 7) is 5.69. The highest BCUT2D eigenvalue weighted by Crippen LogP contribution is 2.23. The number of nitrogens with one attached hydrogen (secondary N) is 2. The first-order valence-corrected chi connectivity index (χ1v) is 8.75. The summed E-state index contributed by atoms with van der Waals surface area (Å²) >= 11 is 0. The van der Waals surface area contributed by atoms with Gasteiger partial charge in [0.2, 0.25) is 5.91 Å². The topological polar surface area (TPSA) is 78.8 Å². The number of carbonyl (C=O) groups is 1. The zero-order valence-electron chi connectivity index (χ0n) is 14.1. The van der Waals surface area contributed by atoms with Crippen molar-refractivity contribution in [2.75, 3.05) is 19.6 Å². The van der Waals surface area contributed by atoms with E-state index in [4.69, 9.17) is 0 Å². The molecule has 0 radical (unpaired) electrons. The van der Waals surface area contributed by atoms with Gasteiger partial charge in [0.05, 0.1) is 17.9 Å². The number of aromatic nitrogens is 4. The second kappa shape index (κ2) is 6.39. The van der Waals surface area contributed by atoms with Crippen LogP contribution in [0, 0.1) is 6.92 Å². The fraction of sp³-hybridized carbons (Fsp3) is 0.588. The lowest BCUT2D eigenvalue weighted by atomic mass is 9.96. The minimum Gasteiger partial charge on any atom is -0.344 e. The van der Waals surface area contributed by atoms with Crippen LogP contribution >= 0.6 is 0 Å². The van der Waals surface area contributed by atoms with Crippen LogP contribution in [-0.4, -0.2) is 50.2 Å². The van der Waals surface area contributed by atoms with Crippen LogP contribution in [0.5, 0.6) is 0 Å². The Morgan fingerprint density at radius 1 is 1.46 bits per heavy atom. The molecule has 2 N–H and O–H groups in total. The van der Waals surface area contributed by atoms with Crippen molar-refractivity contribution in [1.82, 2.24) is 30.0 Å². The molecule has 0 aromatic carbocycles. The molecule has 7 nitrogen and oxygen atoms in total. The van der Waals surface area contributed by atoms with E-state index < -0.39 is 0 Å². The summed E-state index contributed by atoms with van der Waals surface area (Å²) in [5, 5.41) is 7.83. The van der Waals surface area contributed by atoms with E-state index in [1.54, 1.807) is 0 Å². The predicted octanol–water partition coefficient (Wildman–Crippen LogP) is 0.967. The smallest absolute Gasteiger partial charge is 0.244 e. The second-order valence-corrected chi connectivity index (χ2v) is 6.77. The first kappa shape index (κ1) is 15.4. The Kier molecular flexibility index (Phi) is 4.10. The fourth-order valence-corrected chi connectivity index (χ4v) is 3.80. The zero-order chi connectivity index (χ0) is 16.5. The van der Waals surface area contributed by atoms with Gasteiger partial charge in [0.25, 0.3) is 0 Å². The SMILES string of the molecule is Cc1nc2c([nH]1)CN(C(=O)Cn1nccc1[C@H]1CCCNC1)CC2. The van der Waals surface area contributed by atoms with Crippen LogP contribution in [0.4, 0.5) is 0 Å². The number of fused-ring (bicyclic) bond motifs is 1. The number of rotatable bonds is 3. The summed E-state index contributed by atoms with van der Waals surface area (Å²) in [6.07, 6.45) is 4.97. The molecule has 2 aliphatic rings. The largest absolute Gasteiger partial charge is 0.344 e. The van der Waals surface area contributed by atoms with Crippen LogP contribution in [0.2, 0.25) is 0 Å². The highest BCUT2D eigenvalue weighted by atomic mass is 16.2. The van der Waals surface area contributed by atoms with Crippen molar-refractivity contribution in [3.05, 3.63) is 35.2 Å². The summed E-state index contributed by atoms with van der Waals surface area (Å²) in [6, 6.07) is 2.05. The van der Waals surface area contributed by atoms with Gasteiger partial charge in [-0.1, -0.05) is 0 Å². The summed E-state index contributed by atoms with van der Waals surface area (Å²) in [7, 11) is 0.